The van der Waals surface area contributed by atoms with E-state index in [4.69, 9.17) is 0 Å². The van der Waals surface area contributed by atoms with Gasteiger partial charge in [0.1, 0.15) is 5.78 Å². The summed E-state index contributed by atoms with van der Waals surface area (Å²) < 4.78 is 0. The number of nitrogens with zero attached hydrogens (tertiary/aromatic N) is 1. The maximum Gasteiger partial charge on any atom is 0.131 e. The summed E-state index contributed by atoms with van der Waals surface area (Å²) >= 11 is 0. The van der Waals surface area contributed by atoms with E-state index in [0.717, 1.165) is 13.1 Å². The van der Waals surface area contributed by atoms with Crippen molar-refractivity contribution in [3.8, 4) is 0 Å². The molecule has 0 fully saturated rings. The second kappa shape index (κ2) is 9.63. The first-order chi connectivity index (χ1) is 5.16. The number of carbonyl (C=O) groups excluding carboxylic acids is 1. The van der Waals surface area contributed by atoms with Crippen molar-refractivity contribution in [3.63, 3.8) is 0 Å². The Bertz CT molecular complexity index is 91.6. The van der Waals surface area contributed by atoms with E-state index in [1.807, 2.05) is 20.9 Å². The molecule has 0 atom stereocenters. The van der Waals surface area contributed by atoms with Crippen LogP contribution in [0.2, 0.25) is 0 Å². The molecule has 11 heavy (non-hydrogen) atoms. The summed E-state index contributed by atoms with van der Waals surface area (Å²) in [5.41, 5.74) is 0. The third kappa shape index (κ3) is 12.8. The van der Waals surface area contributed by atoms with E-state index in [0.29, 0.717) is 6.42 Å². The van der Waals surface area contributed by atoms with E-state index in [9.17, 15) is 4.79 Å². The minimum atomic E-state index is 0.273. The second-order valence-corrected chi connectivity index (χ2v) is 2.35. The van der Waals surface area contributed by atoms with E-state index < -0.39 is 0 Å². The minimum Gasteiger partial charge on any atom is -0.306 e. The van der Waals surface area contributed by atoms with Crippen molar-refractivity contribution in [1.82, 2.24) is 4.90 Å². The molecule has 0 heterocycles. The van der Waals surface area contributed by atoms with Gasteiger partial charge in [-0.3, -0.25) is 4.79 Å². The van der Waals surface area contributed by atoms with Crippen LogP contribution >= 0.6 is 0 Å². The zero-order valence-corrected chi connectivity index (χ0v) is 8.48. The van der Waals surface area contributed by atoms with Crippen LogP contribution in [-0.4, -0.2) is 30.8 Å². The lowest BCUT2D eigenvalue weighted by Gasteiger charge is -2.11. The van der Waals surface area contributed by atoms with E-state index in [1.165, 1.54) is 0 Å². The minimum absolute atomic E-state index is 0.273. The van der Waals surface area contributed by atoms with Gasteiger partial charge >= 0.3 is 0 Å². The maximum atomic E-state index is 10.4. The number of Topliss-reactive ketones (excluding diaryl/α,β-unsaturated/α-hetero) is 1. The highest BCUT2D eigenvalue weighted by molar-refractivity contribution is 5.75. The maximum absolute atomic E-state index is 10.4. The smallest absolute Gasteiger partial charge is 0.131 e. The standard InChI is InChI=1S/C7H15NO.C2H6/c1-4-8(3)6-5-7(2)9;1-2/h4-6H2,1-3H3;1-2H3. The first-order valence-corrected chi connectivity index (χ1v) is 4.34. The highest BCUT2D eigenvalue weighted by atomic mass is 16.1. The highest BCUT2D eigenvalue weighted by Gasteiger charge is 1.95. The predicted molar refractivity (Wildman–Crippen MR) is 49.8 cm³/mol. The van der Waals surface area contributed by atoms with Crippen LogP contribution in [0.15, 0.2) is 0 Å². The monoisotopic (exact) mass is 159 g/mol. The molecule has 0 rings (SSSR count). The van der Waals surface area contributed by atoms with Gasteiger partial charge in [-0.05, 0) is 20.5 Å². The third-order valence-electron chi connectivity index (χ3n) is 1.39. The fraction of sp³-hybridized carbons (Fsp3) is 0.889. The number of hydrogen-bond acceptors (Lipinski definition) is 2. The van der Waals surface area contributed by atoms with Crippen molar-refractivity contribution in [2.75, 3.05) is 20.1 Å². The van der Waals surface area contributed by atoms with Crippen LogP contribution in [0.5, 0.6) is 0 Å². The molecule has 0 N–H and O–H groups in total. The van der Waals surface area contributed by atoms with Crippen LogP contribution < -0.4 is 0 Å². The number of ketones is 1. The molecule has 0 unspecified atom stereocenters. The Balaban J connectivity index is 0. The topological polar surface area (TPSA) is 20.3 Å². The summed E-state index contributed by atoms with van der Waals surface area (Å²) in [5.74, 6) is 0.273. The van der Waals surface area contributed by atoms with Crippen LogP contribution in [0.1, 0.15) is 34.1 Å². The molecule has 68 valence electrons. The van der Waals surface area contributed by atoms with Crippen molar-refractivity contribution in [2.45, 2.75) is 34.1 Å². The molecule has 0 radical (unpaired) electrons. The van der Waals surface area contributed by atoms with Crippen LogP contribution in [-0.2, 0) is 4.79 Å². The zero-order chi connectivity index (χ0) is 9.28. The first-order valence-electron chi connectivity index (χ1n) is 4.34. The lowest BCUT2D eigenvalue weighted by molar-refractivity contribution is -0.117. The van der Waals surface area contributed by atoms with Gasteiger partial charge in [-0.25, -0.2) is 0 Å². The molecule has 2 nitrogen and oxygen atoms in total. The molecule has 0 saturated carbocycles. The van der Waals surface area contributed by atoms with Crippen LogP contribution in [0.3, 0.4) is 0 Å². The molecule has 0 aromatic carbocycles. The van der Waals surface area contributed by atoms with Crippen molar-refractivity contribution in [1.29, 1.82) is 0 Å². The normalized spacial score (nSPS) is 8.91. The Kier molecular flexibility index (Phi) is 11.6. The average molecular weight is 159 g/mol. The summed E-state index contributed by atoms with van der Waals surface area (Å²) in [4.78, 5) is 12.6. The quantitative estimate of drug-likeness (QED) is 0.625. The first kappa shape index (κ1) is 13.2. The Morgan fingerprint density at radius 1 is 1.36 bits per heavy atom. The fourth-order valence-corrected chi connectivity index (χ4v) is 0.506. The largest absolute Gasteiger partial charge is 0.306 e. The molecule has 0 bridgehead atoms. The average Bonchev–Trinajstić information content (AvgIpc) is 2.04. The lowest BCUT2D eigenvalue weighted by atomic mass is 10.3. The van der Waals surface area contributed by atoms with Gasteiger partial charge in [0.05, 0.1) is 0 Å². The second-order valence-electron chi connectivity index (χ2n) is 2.35. The molecular weight excluding hydrogens is 138 g/mol. The van der Waals surface area contributed by atoms with Gasteiger partial charge < -0.3 is 4.90 Å². The van der Waals surface area contributed by atoms with E-state index in [-0.39, 0.29) is 5.78 Å². The molecule has 0 aliphatic heterocycles. The SMILES string of the molecule is CC.CCN(C)CCC(C)=O. The predicted octanol–water partition coefficient (Wildman–Crippen LogP) is 1.94. The molecule has 0 aliphatic carbocycles. The van der Waals surface area contributed by atoms with Gasteiger partial charge in [0, 0.05) is 13.0 Å². The fourth-order valence-electron chi connectivity index (χ4n) is 0.506. The van der Waals surface area contributed by atoms with Gasteiger partial charge in [0.2, 0.25) is 0 Å². The number of carbonyl (C=O) groups is 1. The molecule has 2 heteroatoms. The van der Waals surface area contributed by atoms with Gasteiger partial charge in [0.15, 0.2) is 0 Å². The van der Waals surface area contributed by atoms with E-state index in [1.54, 1.807) is 6.92 Å². The zero-order valence-electron chi connectivity index (χ0n) is 8.48. The molecule has 0 aliphatic rings. The summed E-state index contributed by atoms with van der Waals surface area (Å²) in [6.45, 7) is 9.63. The number of rotatable bonds is 4. The van der Waals surface area contributed by atoms with E-state index in [2.05, 4.69) is 11.8 Å². The Hall–Kier alpha value is -0.370. The van der Waals surface area contributed by atoms with Crippen LogP contribution in [0.4, 0.5) is 0 Å². The summed E-state index contributed by atoms with van der Waals surface area (Å²) in [6, 6.07) is 0. The Morgan fingerprint density at radius 3 is 2.09 bits per heavy atom. The summed E-state index contributed by atoms with van der Waals surface area (Å²) in [5, 5.41) is 0. The van der Waals surface area contributed by atoms with Crippen molar-refractivity contribution < 1.29 is 4.79 Å². The molecule has 0 saturated heterocycles. The van der Waals surface area contributed by atoms with Gasteiger partial charge in [-0.1, -0.05) is 20.8 Å². The third-order valence-corrected chi connectivity index (χ3v) is 1.39. The summed E-state index contributed by atoms with van der Waals surface area (Å²) in [7, 11) is 2.02. The van der Waals surface area contributed by atoms with Crippen LogP contribution in [0.25, 0.3) is 0 Å². The Morgan fingerprint density at radius 2 is 1.82 bits per heavy atom. The Labute approximate surface area is 70.6 Å². The van der Waals surface area contributed by atoms with Crippen molar-refractivity contribution in [2.24, 2.45) is 0 Å². The van der Waals surface area contributed by atoms with E-state index >= 15 is 0 Å². The highest BCUT2D eigenvalue weighted by Crippen LogP contribution is 1.86. The van der Waals surface area contributed by atoms with Gasteiger partial charge in [-0.15, -0.1) is 0 Å². The summed E-state index contributed by atoms with van der Waals surface area (Å²) in [6.07, 6.45) is 0.685. The van der Waals surface area contributed by atoms with Crippen molar-refractivity contribution in [3.05, 3.63) is 0 Å². The molecule has 0 aromatic heterocycles. The molecule has 0 amide bonds. The number of hydrogen-bond donors (Lipinski definition) is 0. The van der Waals surface area contributed by atoms with Gasteiger partial charge in [-0.2, -0.15) is 0 Å². The van der Waals surface area contributed by atoms with Gasteiger partial charge in [0.25, 0.3) is 0 Å². The molecule has 0 spiro atoms. The lowest BCUT2D eigenvalue weighted by Crippen LogP contribution is -2.20. The van der Waals surface area contributed by atoms with Crippen molar-refractivity contribution >= 4 is 5.78 Å². The van der Waals surface area contributed by atoms with Crippen LogP contribution in [0, 0.1) is 0 Å². The molecular formula is C9H21NO. The molecule has 0 aromatic rings.